The Kier molecular flexibility index (Phi) is 4.27. The lowest BCUT2D eigenvalue weighted by molar-refractivity contribution is -0.384. The van der Waals surface area contributed by atoms with Gasteiger partial charge in [0.15, 0.2) is 5.78 Å². The number of hydrogen-bond acceptors (Lipinski definition) is 3. The summed E-state index contributed by atoms with van der Waals surface area (Å²) in [5.41, 5.74) is 1.17. The van der Waals surface area contributed by atoms with Gasteiger partial charge in [-0.25, -0.2) is 0 Å². The SMILES string of the molecule is O=C(C=Cc1cccc(Cl)c1)c1ccc([N+](=O)[O-])cc1. The van der Waals surface area contributed by atoms with Crippen LogP contribution in [0.1, 0.15) is 15.9 Å². The van der Waals surface area contributed by atoms with Gasteiger partial charge in [-0.1, -0.05) is 29.8 Å². The van der Waals surface area contributed by atoms with Crippen LogP contribution in [0.4, 0.5) is 5.69 Å². The fraction of sp³-hybridized carbons (Fsp3) is 0. The molecule has 0 fully saturated rings. The van der Waals surface area contributed by atoms with Gasteiger partial charge in [0, 0.05) is 22.7 Å². The summed E-state index contributed by atoms with van der Waals surface area (Å²) in [5.74, 6) is -0.222. The zero-order valence-electron chi connectivity index (χ0n) is 10.3. The molecule has 0 aliphatic rings. The number of allylic oxidation sites excluding steroid dienone is 1. The largest absolute Gasteiger partial charge is 0.289 e. The van der Waals surface area contributed by atoms with E-state index in [2.05, 4.69) is 0 Å². The second kappa shape index (κ2) is 6.12. The zero-order valence-corrected chi connectivity index (χ0v) is 11.1. The topological polar surface area (TPSA) is 60.2 Å². The highest BCUT2D eigenvalue weighted by atomic mass is 35.5. The number of benzene rings is 2. The van der Waals surface area contributed by atoms with Crippen molar-refractivity contribution >= 4 is 29.1 Å². The van der Waals surface area contributed by atoms with E-state index >= 15 is 0 Å². The van der Waals surface area contributed by atoms with E-state index in [1.165, 1.54) is 30.3 Å². The number of halogens is 1. The van der Waals surface area contributed by atoms with Crippen LogP contribution in [-0.4, -0.2) is 10.7 Å². The molecule has 0 aliphatic heterocycles. The summed E-state index contributed by atoms with van der Waals surface area (Å²) >= 11 is 5.84. The smallest absolute Gasteiger partial charge is 0.269 e. The quantitative estimate of drug-likeness (QED) is 0.367. The van der Waals surface area contributed by atoms with Crippen molar-refractivity contribution in [2.45, 2.75) is 0 Å². The summed E-state index contributed by atoms with van der Waals surface area (Å²) in [6, 6.07) is 12.6. The molecule has 5 heteroatoms. The first-order chi connectivity index (χ1) is 9.56. The van der Waals surface area contributed by atoms with Crippen molar-refractivity contribution in [3.8, 4) is 0 Å². The second-order valence-corrected chi connectivity index (χ2v) is 4.49. The van der Waals surface area contributed by atoms with Gasteiger partial charge in [-0.3, -0.25) is 14.9 Å². The fourth-order valence-electron chi connectivity index (χ4n) is 1.63. The van der Waals surface area contributed by atoms with Crippen molar-refractivity contribution < 1.29 is 9.72 Å². The van der Waals surface area contributed by atoms with E-state index in [1.807, 2.05) is 6.07 Å². The van der Waals surface area contributed by atoms with Gasteiger partial charge in [0.2, 0.25) is 0 Å². The highest BCUT2D eigenvalue weighted by Gasteiger charge is 2.07. The molecule has 0 radical (unpaired) electrons. The number of ketones is 1. The average molecular weight is 288 g/mol. The van der Waals surface area contributed by atoms with Crippen molar-refractivity contribution in [3.63, 3.8) is 0 Å². The van der Waals surface area contributed by atoms with E-state index in [9.17, 15) is 14.9 Å². The summed E-state index contributed by atoms with van der Waals surface area (Å²) in [6.45, 7) is 0. The highest BCUT2D eigenvalue weighted by Crippen LogP contribution is 2.14. The lowest BCUT2D eigenvalue weighted by Gasteiger charge is -1.96. The highest BCUT2D eigenvalue weighted by molar-refractivity contribution is 6.30. The van der Waals surface area contributed by atoms with Gasteiger partial charge in [0.25, 0.3) is 5.69 Å². The van der Waals surface area contributed by atoms with Gasteiger partial charge >= 0.3 is 0 Å². The van der Waals surface area contributed by atoms with E-state index in [0.29, 0.717) is 10.6 Å². The van der Waals surface area contributed by atoms with Crippen molar-refractivity contribution in [1.82, 2.24) is 0 Å². The van der Waals surface area contributed by atoms with Gasteiger partial charge in [0.1, 0.15) is 0 Å². The maximum absolute atomic E-state index is 11.9. The molecule has 0 aliphatic carbocycles. The zero-order chi connectivity index (χ0) is 14.5. The summed E-state index contributed by atoms with van der Waals surface area (Å²) < 4.78 is 0. The fourth-order valence-corrected chi connectivity index (χ4v) is 1.82. The Hall–Kier alpha value is -2.46. The third kappa shape index (κ3) is 3.52. The summed E-state index contributed by atoms with van der Waals surface area (Å²) in [4.78, 5) is 21.9. The van der Waals surface area contributed by atoms with Crippen LogP contribution in [0.3, 0.4) is 0 Å². The number of nitrogens with zero attached hydrogens (tertiary/aromatic N) is 1. The Labute approximate surface area is 120 Å². The molecule has 4 nitrogen and oxygen atoms in total. The predicted octanol–water partition coefficient (Wildman–Crippen LogP) is 4.14. The van der Waals surface area contributed by atoms with E-state index in [4.69, 9.17) is 11.6 Å². The van der Waals surface area contributed by atoms with Gasteiger partial charge in [-0.2, -0.15) is 0 Å². The average Bonchev–Trinajstić information content (AvgIpc) is 2.45. The van der Waals surface area contributed by atoms with E-state index in [0.717, 1.165) is 5.56 Å². The first-order valence-electron chi connectivity index (χ1n) is 5.79. The molecule has 0 aromatic heterocycles. The normalized spacial score (nSPS) is 10.7. The third-order valence-electron chi connectivity index (χ3n) is 2.64. The molecular formula is C15H10ClNO3. The molecule has 2 aromatic carbocycles. The standard InChI is InChI=1S/C15H10ClNO3/c16-13-3-1-2-11(10-13)4-9-15(18)12-5-7-14(8-6-12)17(19)20/h1-10H. The minimum Gasteiger partial charge on any atom is -0.289 e. The minimum atomic E-state index is -0.504. The molecular weight excluding hydrogens is 278 g/mol. The molecule has 0 N–H and O–H groups in total. The summed E-state index contributed by atoms with van der Waals surface area (Å²) in [7, 11) is 0. The summed E-state index contributed by atoms with van der Waals surface area (Å²) in [6.07, 6.45) is 3.06. The Morgan fingerprint density at radius 1 is 1.15 bits per heavy atom. The van der Waals surface area contributed by atoms with Gasteiger partial charge < -0.3 is 0 Å². The molecule has 0 bridgehead atoms. The van der Waals surface area contributed by atoms with Crippen LogP contribution in [0, 0.1) is 10.1 Å². The van der Waals surface area contributed by atoms with Crippen molar-refractivity contribution in [2.24, 2.45) is 0 Å². The molecule has 0 saturated carbocycles. The lowest BCUT2D eigenvalue weighted by atomic mass is 10.1. The number of rotatable bonds is 4. The van der Waals surface area contributed by atoms with Crippen LogP contribution in [-0.2, 0) is 0 Å². The van der Waals surface area contributed by atoms with Crippen LogP contribution in [0.5, 0.6) is 0 Å². The van der Waals surface area contributed by atoms with Crippen molar-refractivity contribution in [3.05, 3.63) is 80.9 Å². The van der Waals surface area contributed by atoms with Crippen molar-refractivity contribution in [1.29, 1.82) is 0 Å². The lowest BCUT2D eigenvalue weighted by Crippen LogP contribution is -1.95. The first-order valence-corrected chi connectivity index (χ1v) is 6.16. The van der Waals surface area contributed by atoms with Crippen LogP contribution in [0.2, 0.25) is 5.02 Å². The van der Waals surface area contributed by atoms with Gasteiger partial charge in [0.05, 0.1) is 4.92 Å². The molecule has 0 saturated heterocycles. The third-order valence-corrected chi connectivity index (χ3v) is 2.87. The van der Waals surface area contributed by atoms with Crippen LogP contribution >= 0.6 is 11.6 Å². The number of non-ortho nitro benzene ring substituents is 1. The Balaban J connectivity index is 2.13. The van der Waals surface area contributed by atoms with E-state index in [1.54, 1.807) is 24.3 Å². The summed E-state index contributed by atoms with van der Waals surface area (Å²) in [5, 5.41) is 11.1. The maximum Gasteiger partial charge on any atom is 0.269 e. The predicted molar refractivity (Wildman–Crippen MR) is 77.9 cm³/mol. The molecule has 20 heavy (non-hydrogen) atoms. The number of carbonyl (C=O) groups is 1. The molecule has 0 amide bonds. The Bertz CT molecular complexity index is 678. The van der Waals surface area contributed by atoms with Gasteiger partial charge in [-0.15, -0.1) is 0 Å². The molecule has 0 spiro atoms. The monoisotopic (exact) mass is 287 g/mol. The van der Waals surface area contributed by atoms with Crippen LogP contribution in [0.25, 0.3) is 6.08 Å². The van der Waals surface area contributed by atoms with Crippen LogP contribution < -0.4 is 0 Å². The maximum atomic E-state index is 11.9. The number of nitro groups is 1. The molecule has 2 aromatic rings. The minimum absolute atomic E-state index is 0.0413. The number of carbonyl (C=O) groups excluding carboxylic acids is 1. The van der Waals surface area contributed by atoms with Crippen molar-refractivity contribution in [2.75, 3.05) is 0 Å². The van der Waals surface area contributed by atoms with E-state index in [-0.39, 0.29) is 11.5 Å². The Morgan fingerprint density at radius 2 is 1.85 bits per heavy atom. The number of hydrogen-bond donors (Lipinski definition) is 0. The van der Waals surface area contributed by atoms with E-state index < -0.39 is 4.92 Å². The Morgan fingerprint density at radius 3 is 2.45 bits per heavy atom. The molecule has 0 atom stereocenters. The van der Waals surface area contributed by atoms with Crippen LogP contribution in [0.15, 0.2) is 54.6 Å². The second-order valence-electron chi connectivity index (χ2n) is 4.06. The number of nitro benzene ring substituents is 1. The molecule has 2 rings (SSSR count). The molecule has 0 unspecified atom stereocenters. The molecule has 100 valence electrons. The van der Waals surface area contributed by atoms with Gasteiger partial charge in [-0.05, 0) is 35.9 Å². The molecule has 0 heterocycles. The first kappa shape index (κ1) is 14.0.